The fourth-order valence-electron chi connectivity index (χ4n) is 2.21. The van der Waals surface area contributed by atoms with Gasteiger partial charge in [0.25, 0.3) is 0 Å². The number of unbranched alkanes of at least 4 members (excludes halogenated alkanes) is 3. The molecule has 0 atom stereocenters. The van der Waals surface area contributed by atoms with Gasteiger partial charge in [-0.15, -0.1) is 0 Å². The van der Waals surface area contributed by atoms with Crippen LogP contribution in [0, 0.1) is 0 Å². The summed E-state index contributed by atoms with van der Waals surface area (Å²) in [6.07, 6.45) is 12.1. The molecule has 0 aromatic heterocycles. The number of hydrogen-bond donors (Lipinski definition) is 0. The molecule has 0 aliphatic heterocycles. The van der Waals surface area contributed by atoms with Crippen molar-refractivity contribution in [3.05, 3.63) is 12.4 Å². The van der Waals surface area contributed by atoms with Crippen LogP contribution in [0.15, 0.2) is 12.4 Å². The fraction of sp³-hybridized carbons (Fsp3) is 0.857. The summed E-state index contributed by atoms with van der Waals surface area (Å²) in [4.78, 5) is 0. The van der Waals surface area contributed by atoms with Crippen molar-refractivity contribution in [3.63, 3.8) is 0 Å². The van der Waals surface area contributed by atoms with Gasteiger partial charge in [0.1, 0.15) is 0 Å². The molecule has 0 aromatic rings. The molecule has 0 rings (SSSR count). The Kier molecular flexibility index (Phi) is 8.20. The molecule has 0 amide bonds. The summed E-state index contributed by atoms with van der Waals surface area (Å²) < 4.78 is 0. The molecular weight excluding hydrogens is 279 g/mol. The van der Waals surface area contributed by atoms with Crippen molar-refractivity contribution in [1.82, 2.24) is 0 Å². The second kappa shape index (κ2) is 7.88. The first-order valence-electron chi connectivity index (χ1n) is 6.91. The SMILES string of the molecule is C=CP(Br)(CCCC)(CCCC)CCCC. The molecule has 98 valence electrons. The fourth-order valence-corrected chi connectivity index (χ4v) is 8.88. The first-order chi connectivity index (χ1) is 7.54. The van der Waals surface area contributed by atoms with Gasteiger partial charge in [-0.05, 0) is 0 Å². The number of halogens is 1. The summed E-state index contributed by atoms with van der Waals surface area (Å²) in [5.41, 5.74) is 0. The van der Waals surface area contributed by atoms with Gasteiger partial charge in [-0.3, -0.25) is 0 Å². The van der Waals surface area contributed by atoms with Crippen molar-refractivity contribution in [1.29, 1.82) is 0 Å². The normalized spacial score (nSPS) is 14.4. The van der Waals surface area contributed by atoms with E-state index in [4.69, 9.17) is 0 Å². The standard InChI is InChI=1S/C14H30BrP/c1-5-9-12-16(15,8-4,13-10-6-2)14-11-7-3/h8H,4-7,9-14H2,1-3H3. The van der Waals surface area contributed by atoms with E-state index < -0.39 is 5.31 Å². The molecule has 2 heteroatoms. The molecule has 0 spiro atoms. The molecule has 0 bridgehead atoms. The first kappa shape index (κ1) is 16.6. The Bertz CT molecular complexity index is 176. The summed E-state index contributed by atoms with van der Waals surface area (Å²) in [6, 6.07) is 0. The van der Waals surface area contributed by atoms with Gasteiger partial charge in [0.05, 0.1) is 0 Å². The summed E-state index contributed by atoms with van der Waals surface area (Å²) in [5.74, 6) is 2.33. The second-order valence-corrected chi connectivity index (χ2v) is 15.9. The molecule has 0 radical (unpaired) electrons. The van der Waals surface area contributed by atoms with E-state index in [9.17, 15) is 0 Å². The monoisotopic (exact) mass is 308 g/mol. The van der Waals surface area contributed by atoms with E-state index in [0.717, 1.165) is 0 Å². The van der Waals surface area contributed by atoms with Crippen LogP contribution in [-0.4, -0.2) is 18.5 Å². The maximum atomic E-state index is 4.21. The molecule has 0 aliphatic rings. The van der Waals surface area contributed by atoms with E-state index in [2.05, 4.69) is 48.7 Å². The molecule has 0 unspecified atom stereocenters. The predicted molar refractivity (Wildman–Crippen MR) is 85.4 cm³/mol. The van der Waals surface area contributed by atoms with E-state index in [0.29, 0.717) is 0 Å². The topological polar surface area (TPSA) is 0 Å². The Balaban J connectivity index is 4.68. The van der Waals surface area contributed by atoms with Gasteiger partial charge in [0.15, 0.2) is 0 Å². The summed E-state index contributed by atoms with van der Waals surface area (Å²) in [6.45, 7) is 11.0. The van der Waals surface area contributed by atoms with Gasteiger partial charge in [-0.1, -0.05) is 0 Å². The van der Waals surface area contributed by atoms with Gasteiger partial charge >= 0.3 is 111 Å². The van der Waals surface area contributed by atoms with Crippen molar-refractivity contribution < 1.29 is 0 Å². The van der Waals surface area contributed by atoms with Crippen LogP contribution in [0.2, 0.25) is 0 Å². The van der Waals surface area contributed by atoms with Crippen LogP contribution in [0.3, 0.4) is 0 Å². The van der Waals surface area contributed by atoms with Crippen LogP contribution in [0.5, 0.6) is 0 Å². The third-order valence-electron chi connectivity index (χ3n) is 3.58. The molecule has 16 heavy (non-hydrogen) atoms. The van der Waals surface area contributed by atoms with Gasteiger partial charge in [0.2, 0.25) is 0 Å². The van der Waals surface area contributed by atoms with E-state index in [1.807, 2.05) is 0 Å². The quantitative estimate of drug-likeness (QED) is 0.410. The van der Waals surface area contributed by atoms with Gasteiger partial charge in [-0.2, -0.15) is 0 Å². The Hall–Kier alpha value is 0.650. The number of hydrogen-bond acceptors (Lipinski definition) is 0. The van der Waals surface area contributed by atoms with E-state index in [-0.39, 0.29) is 0 Å². The number of rotatable bonds is 10. The van der Waals surface area contributed by atoms with Crippen LogP contribution in [0.4, 0.5) is 0 Å². The average molecular weight is 309 g/mol. The Labute approximate surface area is 111 Å². The molecule has 0 heterocycles. The second-order valence-electron chi connectivity index (χ2n) is 5.09. The predicted octanol–water partition coefficient (Wildman–Crippen LogP) is 6.39. The molecule has 0 nitrogen and oxygen atoms in total. The first-order valence-corrected chi connectivity index (χ1v) is 11.8. The molecule has 0 saturated carbocycles. The maximum absolute atomic E-state index is 4.21. The average Bonchev–Trinajstić information content (AvgIpc) is 2.32. The van der Waals surface area contributed by atoms with Crippen LogP contribution in [0.25, 0.3) is 0 Å². The van der Waals surface area contributed by atoms with Crippen LogP contribution in [0.1, 0.15) is 59.3 Å². The van der Waals surface area contributed by atoms with Crippen LogP contribution < -0.4 is 0 Å². The zero-order valence-electron chi connectivity index (χ0n) is 11.5. The molecular formula is C14H30BrP. The van der Waals surface area contributed by atoms with Crippen LogP contribution in [-0.2, 0) is 0 Å². The molecule has 0 aromatic carbocycles. The Morgan fingerprint density at radius 3 is 1.38 bits per heavy atom. The molecule has 0 fully saturated rings. The summed E-state index contributed by atoms with van der Waals surface area (Å²) >= 11 is 4.21. The van der Waals surface area contributed by atoms with E-state index >= 15 is 0 Å². The van der Waals surface area contributed by atoms with E-state index in [1.54, 1.807) is 0 Å². The van der Waals surface area contributed by atoms with Gasteiger partial charge < -0.3 is 0 Å². The zero-order chi connectivity index (χ0) is 12.5. The van der Waals surface area contributed by atoms with Crippen molar-refractivity contribution in [2.75, 3.05) is 18.5 Å². The van der Waals surface area contributed by atoms with Crippen molar-refractivity contribution in [3.8, 4) is 0 Å². The van der Waals surface area contributed by atoms with Crippen molar-refractivity contribution >= 4 is 20.8 Å². The third-order valence-corrected chi connectivity index (χ3v) is 12.7. The Morgan fingerprint density at radius 2 is 1.19 bits per heavy atom. The van der Waals surface area contributed by atoms with E-state index in [1.165, 1.54) is 57.0 Å². The third kappa shape index (κ3) is 5.32. The molecule has 0 saturated heterocycles. The Morgan fingerprint density at radius 1 is 0.875 bits per heavy atom. The summed E-state index contributed by atoms with van der Waals surface area (Å²) in [7, 11) is 0. The molecule has 0 N–H and O–H groups in total. The minimum absolute atomic E-state index is 1.30. The van der Waals surface area contributed by atoms with Crippen LogP contribution >= 0.6 is 20.8 Å². The minimum atomic E-state index is -1.73. The zero-order valence-corrected chi connectivity index (χ0v) is 14.0. The van der Waals surface area contributed by atoms with Crippen molar-refractivity contribution in [2.45, 2.75) is 59.3 Å². The molecule has 0 aliphatic carbocycles. The van der Waals surface area contributed by atoms with Gasteiger partial charge in [0, 0.05) is 0 Å². The van der Waals surface area contributed by atoms with Gasteiger partial charge in [-0.25, -0.2) is 0 Å². The summed E-state index contributed by atoms with van der Waals surface area (Å²) in [5, 5.41) is -1.73. The van der Waals surface area contributed by atoms with Crippen molar-refractivity contribution in [2.24, 2.45) is 0 Å².